The molecule has 0 saturated carbocycles. The quantitative estimate of drug-likeness (QED) is 0.619. The maximum Gasteiger partial charge on any atom is 0.124 e. The van der Waals surface area contributed by atoms with Gasteiger partial charge in [-0.05, 0) is 48.7 Å². The number of alkyl halides is 1. The first-order valence-corrected chi connectivity index (χ1v) is 8.06. The number of hydrogen-bond acceptors (Lipinski definition) is 1. The molecule has 0 N–H and O–H groups in total. The van der Waals surface area contributed by atoms with Crippen molar-refractivity contribution in [2.24, 2.45) is 0 Å². The average molecular weight is 370 g/mol. The summed E-state index contributed by atoms with van der Waals surface area (Å²) in [6, 6.07) is 10.6. The van der Waals surface area contributed by atoms with Crippen LogP contribution in [0, 0.1) is 5.82 Å². The first kappa shape index (κ1) is 14.9. The van der Waals surface area contributed by atoms with Crippen LogP contribution < -0.4 is 4.74 Å². The van der Waals surface area contributed by atoms with E-state index < -0.39 is 0 Å². The first-order valence-electron chi connectivity index (χ1n) is 6.76. The maximum atomic E-state index is 13.2. The van der Waals surface area contributed by atoms with Crippen LogP contribution in [-0.4, -0.2) is 5.60 Å². The van der Waals surface area contributed by atoms with E-state index in [0.29, 0.717) is 5.02 Å². The lowest BCUT2D eigenvalue weighted by Crippen LogP contribution is -2.24. The zero-order valence-electron chi connectivity index (χ0n) is 11.8. The molecule has 3 rings (SSSR count). The number of benzene rings is 2. The highest BCUT2D eigenvalue weighted by Crippen LogP contribution is 2.40. The molecular formula is C17H15BrClFO. The Morgan fingerprint density at radius 1 is 1.24 bits per heavy atom. The monoisotopic (exact) mass is 368 g/mol. The van der Waals surface area contributed by atoms with E-state index >= 15 is 0 Å². The van der Waals surface area contributed by atoms with Crippen LogP contribution in [0.5, 0.6) is 5.75 Å². The zero-order chi connectivity index (χ0) is 15.2. The molecule has 0 spiro atoms. The second kappa shape index (κ2) is 5.29. The molecule has 1 nitrogen and oxygen atoms in total. The Morgan fingerprint density at radius 3 is 2.71 bits per heavy atom. The van der Waals surface area contributed by atoms with E-state index in [0.717, 1.165) is 23.3 Å². The van der Waals surface area contributed by atoms with E-state index in [1.807, 2.05) is 12.1 Å². The molecule has 110 valence electrons. The smallest absolute Gasteiger partial charge is 0.124 e. The van der Waals surface area contributed by atoms with Crippen LogP contribution in [0.2, 0.25) is 5.02 Å². The molecule has 21 heavy (non-hydrogen) atoms. The largest absolute Gasteiger partial charge is 0.487 e. The van der Waals surface area contributed by atoms with Crippen molar-refractivity contribution in [3.63, 3.8) is 0 Å². The molecule has 1 atom stereocenters. The van der Waals surface area contributed by atoms with Crippen molar-refractivity contribution in [1.29, 1.82) is 0 Å². The minimum absolute atomic E-state index is 0.0698. The predicted molar refractivity (Wildman–Crippen MR) is 87.0 cm³/mol. The summed E-state index contributed by atoms with van der Waals surface area (Å²) >= 11 is 9.80. The van der Waals surface area contributed by atoms with Gasteiger partial charge in [0.05, 0.1) is 4.83 Å². The van der Waals surface area contributed by atoms with Crippen LogP contribution in [0.25, 0.3) is 0 Å². The fourth-order valence-corrected chi connectivity index (χ4v) is 3.77. The Bertz CT molecular complexity index is 699. The van der Waals surface area contributed by atoms with Crippen LogP contribution in [0.3, 0.4) is 0 Å². The maximum absolute atomic E-state index is 13.2. The van der Waals surface area contributed by atoms with Crippen molar-refractivity contribution in [3.05, 3.63) is 63.9 Å². The molecule has 1 aliphatic heterocycles. The second-order valence-corrected chi connectivity index (χ2v) is 7.26. The van der Waals surface area contributed by atoms with Crippen LogP contribution in [0.15, 0.2) is 36.4 Å². The van der Waals surface area contributed by atoms with Gasteiger partial charge in [-0.2, -0.15) is 0 Å². The first-order chi connectivity index (χ1) is 9.85. The highest BCUT2D eigenvalue weighted by atomic mass is 79.9. The van der Waals surface area contributed by atoms with Crippen LogP contribution in [0.4, 0.5) is 4.39 Å². The lowest BCUT2D eigenvalue weighted by Gasteiger charge is -2.16. The minimum atomic E-state index is -0.326. The predicted octanol–water partition coefficient (Wildman–Crippen LogP) is 5.68. The number of fused-ring (bicyclic) bond motifs is 1. The summed E-state index contributed by atoms with van der Waals surface area (Å²) in [6.45, 7) is 4.16. The van der Waals surface area contributed by atoms with Gasteiger partial charge in [-0.1, -0.05) is 45.7 Å². The van der Waals surface area contributed by atoms with Crippen molar-refractivity contribution in [2.75, 3.05) is 0 Å². The Labute approximate surface area is 137 Å². The Balaban J connectivity index is 1.95. The average Bonchev–Trinajstić information content (AvgIpc) is 2.70. The van der Waals surface area contributed by atoms with Gasteiger partial charge in [-0.15, -0.1) is 0 Å². The van der Waals surface area contributed by atoms with Crippen molar-refractivity contribution in [2.45, 2.75) is 30.7 Å². The number of rotatable bonds is 2. The highest BCUT2D eigenvalue weighted by Gasteiger charge is 2.30. The van der Waals surface area contributed by atoms with Crippen LogP contribution >= 0.6 is 27.5 Å². The number of ether oxygens (including phenoxy) is 1. The summed E-state index contributed by atoms with van der Waals surface area (Å²) in [7, 11) is 0. The summed E-state index contributed by atoms with van der Waals surface area (Å²) < 4.78 is 19.0. The van der Waals surface area contributed by atoms with Gasteiger partial charge in [0.2, 0.25) is 0 Å². The molecule has 0 saturated heterocycles. The fourth-order valence-electron chi connectivity index (χ4n) is 2.67. The zero-order valence-corrected chi connectivity index (χ0v) is 14.1. The molecule has 0 bridgehead atoms. The van der Waals surface area contributed by atoms with E-state index in [9.17, 15) is 4.39 Å². The van der Waals surface area contributed by atoms with Crippen molar-refractivity contribution < 1.29 is 9.13 Å². The van der Waals surface area contributed by atoms with Gasteiger partial charge in [0.15, 0.2) is 0 Å². The number of hydrogen-bond donors (Lipinski definition) is 0. The lowest BCUT2D eigenvalue weighted by molar-refractivity contribution is 0.138. The Hall–Kier alpha value is -1.06. The molecule has 0 fully saturated rings. The second-order valence-electron chi connectivity index (χ2n) is 5.93. The molecular weight excluding hydrogens is 355 g/mol. The summed E-state index contributed by atoms with van der Waals surface area (Å²) in [6.07, 6.45) is 0.882. The summed E-state index contributed by atoms with van der Waals surface area (Å²) in [4.78, 5) is -0.0698. The summed E-state index contributed by atoms with van der Waals surface area (Å²) in [5, 5.41) is 0.425. The SMILES string of the molecule is CC1(C)Cc2cc(C(Br)c3ccc(F)cc3Cl)ccc2O1. The molecule has 2 aromatic carbocycles. The molecule has 4 heteroatoms. The van der Waals surface area contributed by atoms with Gasteiger partial charge in [0.1, 0.15) is 17.2 Å². The third-order valence-electron chi connectivity index (χ3n) is 3.62. The molecule has 0 radical (unpaired) electrons. The molecule has 1 heterocycles. The van der Waals surface area contributed by atoms with E-state index in [2.05, 4.69) is 35.8 Å². The van der Waals surface area contributed by atoms with Crippen molar-refractivity contribution >= 4 is 27.5 Å². The number of halogens is 3. The molecule has 2 aromatic rings. The minimum Gasteiger partial charge on any atom is -0.487 e. The lowest BCUT2D eigenvalue weighted by atomic mass is 9.97. The van der Waals surface area contributed by atoms with Crippen LogP contribution in [-0.2, 0) is 6.42 Å². The third kappa shape index (κ3) is 2.95. The molecule has 1 aliphatic rings. The van der Waals surface area contributed by atoms with Crippen LogP contribution in [0.1, 0.15) is 35.4 Å². The van der Waals surface area contributed by atoms with Gasteiger partial charge >= 0.3 is 0 Å². The normalized spacial score (nSPS) is 17.2. The van der Waals surface area contributed by atoms with Gasteiger partial charge in [-0.3, -0.25) is 0 Å². The van der Waals surface area contributed by atoms with E-state index in [4.69, 9.17) is 16.3 Å². The van der Waals surface area contributed by atoms with E-state index in [1.165, 1.54) is 17.7 Å². The van der Waals surface area contributed by atoms with Gasteiger partial charge in [0.25, 0.3) is 0 Å². The van der Waals surface area contributed by atoms with Gasteiger partial charge in [0, 0.05) is 11.4 Å². The molecule has 0 aliphatic carbocycles. The molecule has 0 aromatic heterocycles. The Kier molecular flexibility index (Phi) is 3.74. The fraction of sp³-hybridized carbons (Fsp3) is 0.294. The molecule has 0 amide bonds. The summed E-state index contributed by atoms with van der Waals surface area (Å²) in [5.41, 5.74) is 2.98. The standard InChI is InChI=1S/C17H15BrClFO/c1-17(2)9-11-7-10(3-6-15(11)21-17)16(18)13-5-4-12(20)8-14(13)19/h3-8,16H,9H2,1-2H3. The van der Waals surface area contributed by atoms with Gasteiger partial charge < -0.3 is 4.74 Å². The van der Waals surface area contributed by atoms with Gasteiger partial charge in [-0.25, -0.2) is 4.39 Å². The van der Waals surface area contributed by atoms with E-state index in [-0.39, 0.29) is 16.2 Å². The van der Waals surface area contributed by atoms with Crippen molar-refractivity contribution in [3.8, 4) is 5.75 Å². The van der Waals surface area contributed by atoms with Crippen molar-refractivity contribution in [1.82, 2.24) is 0 Å². The molecule has 1 unspecified atom stereocenters. The summed E-state index contributed by atoms with van der Waals surface area (Å²) in [5.74, 6) is 0.612. The highest BCUT2D eigenvalue weighted by molar-refractivity contribution is 9.09. The topological polar surface area (TPSA) is 9.23 Å². The third-order valence-corrected chi connectivity index (χ3v) is 4.96. The van der Waals surface area contributed by atoms with E-state index in [1.54, 1.807) is 6.07 Å². The Morgan fingerprint density at radius 2 is 2.00 bits per heavy atom.